The van der Waals surface area contributed by atoms with Gasteiger partial charge in [-0.3, -0.25) is 0 Å². The molecule has 1 aromatic heterocycles. The molecule has 6 heteroatoms. The van der Waals surface area contributed by atoms with Crippen molar-refractivity contribution in [2.45, 2.75) is 12.5 Å². The maximum atomic E-state index is 5.58. The van der Waals surface area contributed by atoms with Crippen LogP contribution in [0.1, 0.15) is 17.6 Å². The van der Waals surface area contributed by atoms with Crippen LogP contribution in [-0.2, 0) is 6.61 Å². The second-order valence-corrected chi connectivity index (χ2v) is 4.37. The van der Waals surface area contributed by atoms with Crippen molar-refractivity contribution in [3.05, 3.63) is 36.0 Å². The van der Waals surface area contributed by atoms with Crippen molar-refractivity contribution in [1.29, 1.82) is 0 Å². The summed E-state index contributed by atoms with van der Waals surface area (Å²) in [6.45, 7) is 2.11. The molecule has 0 radical (unpaired) electrons. The van der Waals surface area contributed by atoms with Crippen molar-refractivity contribution in [2.75, 3.05) is 20.2 Å². The van der Waals surface area contributed by atoms with E-state index in [0.717, 1.165) is 24.6 Å². The van der Waals surface area contributed by atoms with Gasteiger partial charge in [0.2, 0.25) is 11.7 Å². The fraction of sp³-hybridized carbons (Fsp3) is 0.385. The Balaban J connectivity index is 1.57. The van der Waals surface area contributed by atoms with E-state index >= 15 is 0 Å². The zero-order valence-corrected chi connectivity index (χ0v) is 10.6. The maximum absolute atomic E-state index is 5.58. The van der Waals surface area contributed by atoms with Gasteiger partial charge in [-0.2, -0.15) is 4.98 Å². The smallest absolute Gasteiger partial charge is 0.232 e. The molecule has 1 N–H and O–H groups in total. The summed E-state index contributed by atoms with van der Waals surface area (Å²) in [6.07, 6.45) is 0. The van der Waals surface area contributed by atoms with Gasteiger partial charge in [0.1, 0.15) is 11.5 Å². The van der Waals surface area contributed by atoms with Crippen LogP contribution in [0.25, 0.3) is 0 Å². The molecule has 0 spiro atoms. The van der Waals surface area contributed by atoms with Crippen LogP contribution in [0.3, 0.4) is 0 Å². The second kappa shape index (κ2) is 5.27. The Kier molecular flexibility index (Phi) is 3.33. The molecule has 6 nitrogen and oxygen atoms in total. The van der Waals surface area contributed by atoms with E-state index in [-0.39, 0.29) is 0 Å². The van der Waals surface area contributed by atoms with Crippen LogP contribution < -0.4 is 14.8 Å². The third-order valence-electron chi connectivity index (χ3n) is 3.04. The molecule has 0 saturated carbocycles. The number of benzene rings is 1. The number of nitrogens with one attached hydrogen (secondary N) is 1. The highest BCUT2D eigenvalue weighted by Crippen LogP contribution is 2.19. The topological polar surface area (TPSA) is 69.4 Å². The van der Waals surface area contributed by atoms with Crippen LogP contribution in [0.15, 0.2) is 28.8 Å². The summed E-state index contributed by atoms with van der Waals surface area (Å²) in [4.78, 5) is 4.31. The zero-order valence-electron chi connectivity index (χ0n) is 10.6. The number of hydrogen-bond acceptors (Lipinski definition) is 6. The van der Waals surface area contributed by atoms with Gasteiger partial charge >= 0.3 is 0 Å². The molecule has 0 unspecified atom stereocenters. The molecule has 0 atom stereocenters. The lowest BCUT2D eigenvalue weighted by atomic mass is 10.0. The van der Waals surface area contributed by atoms with Crippen molar-refractivity contribution in [3.63, 3.8) is 0 Å². The number of methoxy groups -OCH3 is 1. The van der Waals surface area contributed by atoms with Crippen molar-refractivity contribution in [2.24, 2.45) is 0 Å². The minimum atomic E-state index is 0.302. The first-order chi connectivity index (χ1) is 9.35. The van der Waals surface area contributed by atoms with Crippen LogP contribution in [-0.4, -0.2) is 30.3 Å². The average molecular weight is 261 g/mol. The van der Waals surface area contributed by atoms with Gasteiger partial charge in [-0.1, -0.05) is 5.16 Å². The van der Waals surface area contributed by atoms with Gasteiger partial charge in [-0.25, -0.2) is 0 Å². The molecule has 0 bridgehead atoms. The van der Waals surface area contributed by atoms with E-state index in [0.29, 0.717) is 24.2 Å². The third kappa shape index (κ3) is 2.68. The molecule has 0 amide bonds. The van der Waals surface area contributed by atoms with Gasteiger partial charge in [0.05, 0.1) is 13.0 Å². The number of ether oxygens (including phenoxy) is 2. The molecular formula is C13H15N3O3. The first-order valence-electron chi connectivity index (χ1n) is 6.15. The number of rotatable bonds is 5. The van der Waals surface area contributed by atoms with Gasteiger partial charge in [-0.15, -0.1) is 0 Å². The van der Waals surface area contributed by atoms with Gasteiger partial charge < -0.3 is 19.3 Å². The molecule has 1 aromatic carbocycles. The highest BCUT2D eigenvalue weighted by molar-refractivity contribution is 5.31. The van der Waals surface area contributed by atoms with Gasteiger partial charge in [0.15, 0.2) is 6.61 Å². The van der Waals surface area contributed by atoms with Crippen LogP contribution in [0.5, 0.6) is 11.5 Å². The molecule has 2 heterocycles. The Labute approximate surface area is 110 Å². The minimum Gasteiger partial charge on any atom is -0.497 e. The molecule has 19 heavy (non-hydrogen) atoms. The largest absolute Gasteiger partial charge is 0.497 e. The van der Waals surface area contributed by atoms with E-state index in [9.17, 15) is 0 Å². The normalized spacial score (nSPS) is 15.0. The monoisotopic (exact) mass is 261 g/mol. The summed E-state index contributed by atoms with van der Waals surface area (Å²) in [5, 5.41) is 7.07. The molecular weight excluding hydrogens is 246 g/mol. The summed E-state index contributed by atoms with van der Waals surface area (Å²) < 4.78 is 15.9. The molecule has 2 aromatic rings. The molecule has 1 aliphatic heterocycles. The van der Waals surface area contributed by atoms with Gasteiger partial charge in [0, 0.05) is 13.1 Å². The van der Waals surface area contributed by atoms with E-state index in [1.54, 1.807) is 7.11 Å². The van der Waals surface area contributed by atoms with E-state index in [2.05, 4.69) is 15.5 Å². The third-order valence-corrected chi connectivity index (χ3v) is 3.04. The Bertz CT molecular complexity index is 534. The van der Waals surface area contributed by atoms with Crippen molar-refractivity contribution in [3.8, 4) is 11.5 Å². The van der Waals surface area contributed by atoms with E-state index in [4.69, 9.17) is 14.0 Å². The quantitative estimate of drug-likeness (QED) is 0.876. The highest BCUT2D eigenvalue weighted by Gasteiger charge is 2.24. The Morgan fingerprint density at radius 2 is 2.00 bits per heavy atom. The van der Waals surface area contributed by atoms with Crippen LogP contribution in [0.4, 0.5) is 0 Å². The summed E-state index contributed by atoms with van der Waals surface area (Å²) >= 11 is 0. The first-order valence-corrected chi connectivity index (χ1v) is 6.15. The summed E-state index contributed by atoms with van der Waals surface area (Å²) in [5.74, 6) is 3.15. The summed E-state index contributed by atoms with van der Waals surface area (Å²) in [7, 11) is 1.63. The van der Waals surface area contributed by atoms with Gasteiger partial charge in [-0.05, 0) is 24.3 Å². The zero-order chi connectivity index (χ0) is 13.1. The van der Waals surface area contributed by atoms with E-state index in [1.807, 2.05) is 24.3 Å². The Hall–Kier alpha value is -2.08. The molecule has 1 aliphatic rings. The highest BCUT2D eigenvalue weighted by atomic mass is 16.5. The number of hydrogen-bond donors (Lipinski definition) is 1. The van der Waals surface area contributed by atoms with Crippen molar-refractivity contribution >= 4 is 0 Å². The predicted molar refractivity (Wildman–Crippen MR) is 67.2 cm³/mol. The van der Waals surface area contributed by atoms with Crippen LogP contribution in [0, 0.1) is 0 Å². The van der Waals surface area contributed by atoms with Crippen molar-refractivity contribution < 1.29 is 14.0 Å². The molecule has 0 aliphatic carbocycles. The standard InChI is InChI=1S/C13H15N3O3/c1-17-10-2-4-11(5-3-10)18-8-12-15-13(19-16-12)9-6-14-7-9/h2-5,9,14H,6-8H2,1H3. The first kappa shape index (κ1) is 12.0. The van der Waals surface area contributed by atoms with Crippen LogP contribution >= 0.6 is 0 Å². The van der Waals surface area contributed by atoms with Crippen molar-refractivity contribution in [1.82, 2.24) is 15.5 Å². The summed E-state index contributed by atoms with van der Waals surface area (Å²) in [6, 6.07) is 7.37. The number of nitrogens with zero attached hydrogens (tertiary/aromatic N) is 2. The molecule has 3 rings (SSSR count). The Morgan fingerprint density at radius 3 is 2.63 bits per heavy atom. The minimum absolute atomic E-state index is 0.302. The number of aromatic nitrogens is 2. The Morgan fingerprint density at radius 1 is 1.26 bits per heavy atom. The van der Waals surface area contributed by atoms with Crippen LogP contribution in [0.2, 0.25) is 0 Å². The van der Waals surface area contributed by atoms with Gasteiger partial charge in [0.25, 0.3) is 0 Å². The molecule has 100 valence electrons. The van der Waals surface area contributed by atoms with E-state index in [1.165, 1.54) is 0 Å². The lowest BCUT2D eigenvalue weighted by Gasteiger charge is -2.22. The maximum Gasteiger partial charge on any atom is 0.232 e. The fourth-order valence-corrected chi connectivity index (χ4v) is 1.78. The average Bonchev–Trinajstić information content (AvgIpc) is 2.83. The molecule has 1 saturated heterocycles. The predicted octanol–water partition coefficient (Wildman–Crippen LogP) is 1.34. The fourth-order valence-electron chi connectivity index (χ4n) is 1.78. The summed E-state index contributed by atoms with van der Waals surface area (Å²) in [5.41, 5.74) is 0. The molecule has 1 fully saturated rings. The van der Waals surface area contributed by atoms with E-state index < -0.39 is 0 Å². The second-order valence-electron chi connectivity index (χ2n) is 4.37. The lowest BCUT2D eigenvalue weighted by molar-refractivity contribution is 0.278. The SMILES string of the molecule is COc1ccc(OCc2noc(C3CNC3)n2)cc1. The lowest BCUT2D eigenvalue weighted by Crippen LogP contribution is -2.40.